The molecule has 1 fully saturated rings. The van der Waals surface area contributed by atoms with E-state index in [0.717, 1.165) is 24.0 Å². The lowest BCUT2D eigenvalue weighted by Gasteiger charge is -2.30. The minimum Gasteiger partial charge on any atom is -0.294 e. The predicted octanol–water partition coefficient (Wildman–Crippen LogP) is 6.01. The van der Waals surface area contributed by atoms with Crippen molar-refractivity contribution in [3.63, 3.8) is 0 Å². The monoisotopic (exact) mass is 318 g/mol. The largest absolute Gasteiger partial charge is 0.294 e. The Morgan fingerprint density at radius 3 is 2.17 bits per heavy atom. The van der Waals surface area contributed by atoms with Crippen molar-refractivity contribution >= 4 is 11.9 Å². The van der Waals surface area contributed by atoms with E-state index in [9.17, 15) is 4.79 Å². The van der Waals surface area contributed by atoms with Crippen molar-refractivity contribution in [2.45, 2.75) is 33.6 Å². The van der Waals surface area contributed by atoms with E-state index in [1.807, 2.05) is 6.07 Å². The molecular weight excluding hydrogens is 292 g/mol. The van der Waals surface area contributed by atoms with Gasteiger partial charge in [-0.1, -0.05) is 75.4 Å². The molecule has 24 heavy (non-hydrogen) atoms. The van der Waals surface area contributed by atoms with Gasteiger partial charge in [-0.3, -0.25) is 4.79 Å². The molecule has 124 valence electrons. The Kier molecular flexibility index (Phi) is 4.99. The third-order valence-electron chi connectivity index (χ3n) is 5.21. The molecule has 2 aromatic carbocycles. The Hall–Kier alpha value is -2.15. The Balaban J connectivity index is 1.86. The van der Waals surface area contributed by atoms with Gasteiger partial charge in [0.05, 0.1) is 0 Å². The quantitative estimate of drug-likeness (QED) is 0.633. The zero-order valence-corrected chi connectivity index (χ0v) is 14.8. The molecule has 1 unspecified atom stereocenters. The predicted molar refractivity (Wildman–Crippen MR) is 102 cm³/mol. The highest BCUT2D eigenvalue weighted by Gasteiger charge is 2.32. The molecule has 1 aliphatic carbocycles. The maximum atomic E-state index is 12.8. The van der Waals surface area contributed by atoms with Gasteiger partial charge in [0.1, 0.15) is 0 Å². The van der Waals surface area contributed by atoms with Crippen LogP contribution < -0.4 is 0 Å². The number of ketones is 1. The minimum atomic E-state index is 0.191. The van der Waals surface area contributed by atoms with E-state index in [-0.39, 0.29) is 5.92 Å². The van der Waals surface area contributed by atoms with Crippen molar-refractivity contribution in [2.24, 2.45) is 17.8 Å². The van der Waals surface area contributed by atoms with Crippen molar-refractivity contribution in [3.8, 4) is 11.1 Å². The summed E-state index contributed by atoms with van der Waals surface area (Å²) in [5.74, 6) is 1.34. The molecule has 0 saturated heterocycles. The third kappa shape index (κ3) is 3.51. The lowest BCUT2D eigenvalue weighted by Crippen LogP contribution is -2.30. The summed E-state index contributed by atoms with van der Waals surface area (Å²) in [6.45, 7) is 6.49. The normalized spacial score (nSPS) is 23.0. The van der Waals surface area contributed by atoms with E-state index in [2.05, 4.69) is 75.4 Å². The molecule has 1 saturated carbocycles. The zero-order valence-electron chi connectivity index (χ0n) is 14.8. The smallest absolute Gasteiger partial charge is 0.162 e. The van der Waals surface area contributed by atoms with Gasteiger partial charge in [0.2, 0.25) is 0 Å². The molecule has 1 heteroatoms. The van der Waals surface area contributed by atoms with Crippen LogP contribution in [0.25, 0.3) is 17.2 Å². The van der Waals surface area contributed by atoms with Gasteiger partial charge in [-0.15, -0.1) is 0 Å². The Labute approximate surface area is 145 Å². The average molecular weight is 318 g/mol. The summed E-state index contributed by atoms with van der Waals surface area (Å²) in [5, 5.41) is 0. The molecule has 0 N–H and O–H groups in total. The summed E-state index contributed by atoms with van der Waals surface area (Å²) in [7, 11) is 0. The molecule has 0 radical (unpaired) electrons. The average Bonchev–Trinajstić information content (AvgIpc) is 2.59. The molecule has 0 spiro atoms. The van der Waals surface area contributed by atoms with E-state index < -0.39 is 0 Å². The molecule has 2 atom stereocenters. The van der Waals surface area contributed by atoms with Crippen molar-refractivity contribution in [1.29, 1.82) is 0 Å². The number of carbonyl (C=O) groups excluding carboxylic acids is 1. The van der Waals surface area contributed by atoms with Crippen LogP contribution in [-0.2, 0) is 4.79 Å². The van der Waals surface area contributed by atoms with E-state index in [0.29, 0.717) is 17.6 Å². The third-order valence-corrected chi connectivity index (χ3v) is 5.21. The fourth-order valence-electron chi connectivity index (χ4n) is 3.60. The molecule has 1 aliphatic rings. The number of carbonyl (C=O) groups is 1. The van der Waals surface area contributed by atoms with Crippen LogP contribution >= 0.6 is 0 Å². The molecule has 1 nitrogen and oxygen atoms in total. The van der Waals surface area contributed by atoms with E-state index in [1.54, 1.807) is 0 Å². The van der Waals surface area contributed by atoms with Crippen LogP contribution in [0.15, 0.2) is 60.2 Å². The number of allylic oxidation sites excluding steroid dienone is 1. The molecule has 0 bridgehead atoms. The molecule has 0 aliphatic heterocycles. The van der Waals surface area contributed by atoms with Crippen LogP contribution in [0.3, 0.4) is 0 Å². The van der Waals surface area contributed by atoms with Gasteiger partial charge in [0.25, 0.3) is 0 Å². The van der Waals surface area contributed by atoms with E-state index >= 15 is 0 Å². The SMILES string of the molecule is CC1CC[C@H](C(C)C)C(=O)/C1=C/c1ccc(-c2ccccc2)cc1. The number of rotatable bonds is 3. The molecule has 0 aromatic heterocycles. The van der Waals surface area contributed by atoms with Gasteiger partial charge in [0.15, 0.2) is 5.78 Å². The van der Waals surface area contributed by atoms with Gasteiger partial charge >= 0.3 is 0 Å². The lowest BCUT2D eigenvalue weighted by atomic mass is 9.73. The van der Waals surface area contributed by atoms with Gasteiger partial charge in [-0.05, 0) is 53.0 Å². The summed E-state index contributed by atoms with van der Waals surface area (Å²) in [4.78, 5) is 12.8. The van der Waals surface area contributed by atoms with Crippen LogP contribution in [0.2, 0.25) is 0 Å². The van der Waals surface area contributed by atoms with Crippen LogP contribution in [0.1, 0.15) is 39.2 Å². The van der Waals surface area contributed by atoms with Crippen LogP contribution in [0, 0.1) is 17.8 Å². The number of benzene rings is 2. The van der Waals surface area contributed by atoms with Crippen LogP contribution in [0.5, 0.6) is 0 Å². The van der Waals surface area contributed by atoms with E-state index in [4.69, 9.17) is 0 Å². The zero-order chi connectivity index (χ0) is 17.1. The van der Waals surface area contributed by atoms with Crippen molar-refractivity contribution in [1.82, 2.24) is 0 Å². The van der Waals surface area contributed by atoms with Gasteiger partial charge in [-0.25, -0.2) is 0 Å². The summed E-state index contributed by atoms with van der Waals surface area (Å²) < 4.78 is 0. The Morgan fingerprint density at radius 2 is 1.54 bits per heavy atom. The van der Waals surface area contributed by atoms with Crippen LogP contribution in [-0.4, -0.2) is 5.78 Å². The van der Waals surface area contributed by atoms with Gasteiger partial charge in [0, 0.05) is 5.92 Å². The molecule has 3 rings (SSSR count). The van der Waals surface area contributed by atoms with Crippen LogP contribution in [0.4, 0.5) is 0 Å². The van der Waals surface area contributed by atoms with Crippen molar-refractivity contribution < 1.29 is 4.79 Å². The molecule has 0 heterocycles. The minimum absolute atomic E-state index is 0.191. The first-order valence-electron chi connectivity index (χ1n) is 8.97. The number of hydrogen-bond acceptors (Lipinski definition) is 1. The maximum absolute atomic E-state index is 12.8. The fourth-order valence-corrected chi connectivity index (χ4v) is 3.60. The van der Waals surface area contributed by atoms with Crippen molar-refractivity contribution in [2.75, 3.05) is 0 Å². The summed E-state index contributed by atoms with van der Waals surface area (Å²) in [5.41, 5.74) is 4.56. The first kappa shape index (κ1) is 16.7. The first-order valence-corrected chi connectivity index (χ1v) is 8.97. The Bertz CT molecular complexity index is 722. The second-order valence-corrected chi connectivity index (χ2v) is 7.28. The Morgan fingerprint density at radius 1 is 0.917 bits per heavy atom. The summed E-state index contributed by atoms with van der Waals surface area (Å²) >= 11 is 0. The van der Waals surface area contributed by atoms with Gasteiger partial charge in [-0.2, -0.15) is 0 Å². The molecule has 0 amide bonds. The highest BCUT2D eigenvalue weighted by Crippen LogP contribution is 2.35. The second-order valence-electron chi connectivity index (χ2n) is 7.28. The van der Waals surface area contributed by atoms with Crippen molar-refractivity contribution in [3.05, 3.63) is 65.7 Å². The maximum Gasteiger partial charge on any atom is 0.162 e. The number of hydrogen-bond donors (Lipinski definition) is 0. The molecule has 2 aromatic rings. The van der Waals surface area contributed by atoms with E-state index in [1.165, 1.54) is 11.1 Å². The summed E-state index contributed by atoms with van der Waals surface area (Å²) in [6.07, 6.45) is 4.25. The summed E-state index contributed by atoms with van der Waals surface area (Å²) in [6, 6.07) is 18.9. The number of Topliss-reactive ketones (excluding diaryl/α,β-unsaturated/α-hetero) is 1. The lowest BCUT2D eigenvalue weighted by molar-refractivity contribution is -0.122. The second kappa shape index (κ2) is 7.17. The topological polar surface area (TPSA) is 17.1 Å². The first-order chi connectivity index (χ1) is 11.6. The standard InChI is InChI=1S/C23H26O/c1-16(2)21-14-9-17(3)22(23(21)24)15-18-10-12-20(13-11-18)19-7-5-4-6-8-19/h4-8,10-13,15-17,21H,9,14H2,1-3H3/b22-15+/t17?,21-/m1/s1. The highest BCUT2D eigenvalue weighted by atomic mass is 16.1. The van der Waals surface area contributed by atoms with Gasteiger partial charge < -0.3 is 0 Å². The highest BCUT2D eigenvalue weighted by molar-refractivity contribution is 6.02. The molecular formula is C23H26O. The fraction of sp³-hybridized carbons (Fsp3) is 0.348.